The van der Waals surface area contributed by atoms with Gasteiger partial charge in [-0.1, -0.05) is 30.3 Å². The van der Waals surface area contributed by atoms with E-state index in [1.54, 1.807) is 20.3 Å². The van der Waals surface area contributed by atoms with Crippen molar-refractivity contribution in [3.63, 3.8) is 0 Å². The molecule has 0 aliphatic rings. The van der Waals surface area contributed by atoms with Crippen molar-refractivity contribution >= 4 is 0 Å². The van der Waals surface area contributed by atoms with Crippen molar-refractivity contribution in [1.29, 1.82) is 5.26 Å². The fourth-order valence-corrected chi connectivity index (χ4v) is 2.77. The van der Waals surface area contributed by atoms with E-state index in [0.29, 0.717) is 22.8 Å². The van der Waals surface area contributed by atoms with E-state index < -0.39 is 0 Å². The van der Waals surface area contributed by atoms with Crippen LogP contribution in [-0.4, -0.2) is 26.3 Å². The van der Waals surface area contributed by atoms with E-state index in [1.807, 2.05) is 48.5 Å². The largest absolute Gasteiger partial charge is 0.497 e. The molecule has 130 valence electrons. The first kappa shape index (κ1) is 17.3. The summed E-state index contributed by atoms with van der Waals surface area (Å²) in [5.41, 5.74) is 3.51. The molecule has 0 radical (unpaired) electrons. The Bertz CT molecular complexity index is 963. The first-order chi connectivity index (χ1) is 12.7. The zero-order valence-electron chi connectivity index (χ0n) is 14.8. The maximum atomic E-state index is 9.61. The van der Waals surface area contributed by atoms with Crippen LogP contribution in [0, 0.1) is 11.3 Å². The monoisotopic (exact) mass is 346 g/mol. The molecule has 2 aromatic carbocycles. The van der Waals surface area contributed by atoms with Crippen LogP contribution in [0.15, 0.2) is 54.6 Å². The molecule has 3 aromatic rings. The number of methoxy groups -OCH3 is 3. The van der Waals surface area contributed by atoms with Crippen molar-refractivity contribution in [2.75, 3.05) is 21.3 Å². The first-order valence-electron chi connectivity index (χ1n) is 7.98. The van der Waals surface area contributed by atoms with Gasteiger partial charge in [0.25, 0.3) is 0 Å². The lowest BCUT2D eigenvalue weighted by atomic mass is 9.98. The lowest BCUT2D eigenvalue weighted by Crippen LogP contribution is -1.99. The molecule has 0 fully saturated rings. The molecule has 0 saturated heterocycles. The number of aromatic nitrogens is 1. The zero-order valence-corrected chi connectivity index (χ0v) is 14.8. The Morgan fingerprint density at radius 1 is 0.846 bits per heavy atom. The number of hydrogen-bond acceptors (Lipinski definition) is 5. The highest BCUT2D eigenvalue weighted by atomic mass is 16.5. The standard InChI is InChI=1S/C21H18N2O3/c1-24-15-9-10-16(20(11-15)25-2)19-12-17(14-7-5-4-6-8-14)18(13-22)21(23-19)26-3/h4-12H,1-3H3. The summed E-state index contributed by atoms with van der Waals surface area (Å²) in [5, 5.41) is 9.61. The van der Waals surface area contributed by atoms with E-state index in [4.69, 9.17) is 14.2 Å². The van der Waals surface area contributed by atoms with Crippen LogP contribution in [0.2, 0.25) is 0 Å². The van der Waals surface area contributed by atoms with Crippen LogP contribution in [0.3, 0.4) is 0 Å². The minimum atomic E-state index is 0.279. The molecule has 0 unspecified atom stereocenters. The first-order valence-corrected chi connectivity index (χ1v) is 7.98. The topological polar surface area (TPSA) is 64.4 Å². The molecule has 0 aliphatic heterocycles. The summed E-state index contributed by atoms with van der Waals surface area (Å²) in [6.07, 6.45) is 0. The highest BCUT2D eigenvalue weighted by Gasteiger charge is 2.18. The molecule has 3 rings (SSSR count). The normalized spacial score (nSPS) is 10.1. The maximum Gasteiger partial charge on any atom is 0.232 e. The van der Waals surface area contributed by atoms with Gasteiger partial charge in [0.1, 0.15) is 23.1 Å². The third kappa shape index (κ3) is 3.17. The molecule has 1 heterocycles. The maximum absolute atomic E-state index is 9.61. The Kier molecular flexibility index (Phi) is 5.04. The number of hydrogen-bond donors (Lipinski definition) is 0. The molecule has 26 heavy (non-hydrogen) atoms. The summed E-state index contributed by atoms with van der Waals surface area (Å²) < 4.78 is 16.1. The van der Waals surface area contributed by atoms with Gasteiger partial charge in [-0.3, -0.25) is 0 Å². The molecule has 0 spiro atoms. The van der Waals surface area contributed by atoms with Crippen molar-refractivity contribution in [2.24, 2.45) is 0 Å². The van der Waals surface area contributed by atoms with E-state index in [0.717, 1.165) is 16.7 Å². The van der Waals surface area contributed by atoms with Crippen LogP contribution in [0.1, 0.15) is 5.56 Å². The Morgan fingerprint density at radius 2 is 1.62 bits per heavy atom. The zero-order chi connectivity index (χ0) is 18.5. The molecular formula is C21H18N2O3. The lowest BCUT2D eigenvalue weighted by molar-refractivity contribution is 0.393. The number of nitriles is 1. The second-order valence-corrected chi connectivity index (χ2v) is 5.48. The molecule has 0 bridgehead atoms. The molecule has 0 saturated carbocycles. The third-order valence-electron chi connectivity index (χ3n) is 4.06. The van der Waals surface area contributed by atoms with Crippen LogP contribution < -0.4 is 14.2 Å². The van der Waals surface area contributed by atoms with E-state index in [2.05, 4.69) is 11.1 Å². The number of benzene rings is 2. The van der Waals surface area contributed by atoms with Crippen molar-refractivity contribution in [3.05, 3.63) is 60.2 Å². The lowest BCUT2D eigenvalue weighted by Gasteiger charge is -2.14. The van der Waals surface area contributed by atoms with Crippen LogP contribution in [0.4, 0.5) is 0 Å². The average molecular weight is 346 g/mol. The smallest absolute Gasteiger partial charge is 0.232 e. The minimum Gasteiger partial charge on any atom is -0.497 e. The summed E-state index contributed by atoms with van der Waals surface area (Å²) in [4.78, 5) is 4.52. The van der Waals surface area contributed by atoms with Gasteiger partial charge in [0.15, 0.2) is 0 Å². The number of pyridine rings is 1. The van der Waals surface area contributed by atoms with Gasteiger partial charge in [0.05, 0.1) is 27.0 Å². The van der Waals surface area contributed by atoms with Crippen molar-refractivity contribution in [2.45, 2.75) is 0 Å². The van der Waals surface area contributed by atoms with E-state index in [9.17, 15) is 5.26 Å². The van der Waals surface area contributed by atoms with Crippen LogP contribution in [0.25, 0.3) is 22.4 Å². The Morgan fingerprint density at radius 3 is 2.23 bits per heavy atom. The van der Waals surface area contributed by atoms with E-state index in [1.165, 1.54) is 7.11 Å². The minimum absolute atomic E-state index is 0.279. The summed E-state index contributed by atoms with van der Waals surface area (Å²) in [5.74, 6) is 1.60. The second kappa shape index (κ2) is 7.58. The molecule has 5 heteroatoms. The predicted octanol–water partition coefficient (Wildman–Crippen LogP) is 4.31. The third-order valence-corrected chi connectivity index (χ3v) is 4.06. The molecular weight excluding hydrogens is 328 g/mol. The van der Waals surface area contributed by atoms with E-state index in [-0.39, 0.29) is 5.88 Å². The van der Waals surface area contributed by atoms with Crippen molar-refractivity contribution in [3.8, 4) is 45.8 Å². The molecule has 0 N–H and O–H groups in total. The SMILES string of the molecule is COc1ccc(-c2cc(-c3ccccc3)c(C#N)c(OC)n2)c(OC)c1. The Balaban J connectivity index is 2.26. The highest BCUT2D eigenvalue weighted by molar-refractivity contribution is 5.79. The summed E-state index contributed by atoms with van der Waals surface area (Å²) in [6, 6.07) is 19.3. The van der Waals surface area contributed by atoms with Crippen molar-refractivity contribution < 1.29 is 14.2 Å². The van der Waals surface area contributed by atoms with Gasteiger partial charge in [-0.2, -0.15) is 5.26 Å². The molecule has 0 aliphatic carbocycles. The molecule has 5 nitrogen and oxygen atoms in total. The second-order valence-electron chi connectivity index (χ2n) is 5.48. The highest BCUT2D eigenvalue weighted by Crippen LogP contribution is 2.37. The quantitative estimate of drug-likeness (QED) is 0.689. The number of nitrogens with zero attached hydrogens (tertiary/aromatic N) is 2. The molecule has 1 aromatic heterocycles. The van der Waals surface area contributed by atoms with Gasteiger partial charge in [0.2, 0.25) is 5.88 Å². The summed E-state index contributed by atoms with van der Waals surface area (Å²) >= 11 is 0. The number of ether oxygens (including phenoxy) is 3. The fourth-order valence-electron chi connectivity index (χ4n) is 2.77. The fraction of sp³-hybridized carbons (Fsp3) is 0.143. The van der Waals surface area contributed by atoms with Gasteiger partial charge in [-0.05, 0) is 23.8 Å². The van der Waals surface area contributed by atoms with Crippen LogP contribution in [0.5, 0.6) is 17.4 Å². The van der Waals surface area contributed by atoms with Gasteiger partial charge < -0.3 is 14.2 Å². The number of rotatable bonds is 5. The van der Waals surface area contributed by atoms with Gasteiger partial charge in [-0.25, -0.2) is 4.98 Å². The Hall–Kier alpha value is -3.52. The summed E-state index contributed by atoms with van der Waals surface area (Å²) in [7, 11) is 4.70. The van der Waals surface area contributed by atoms with Crippen molar-refractivity contribution in [1.82, 2.24) is 4.98 Å². The van der Waals surface area contributed by atoms with Gasteiger partial charge in [-0.15, -0.1) is 0 Å². The van der Waals surface area contributed by atoms with Crippen LogP contribution >= 0.6 is 0 Å². The molecule has 0 atom stereocenters. The summed E-state index contributed by atoms with van der Waals surface area (Å²) in [6.45, 7) is 0. The molecule has 0 amide bonds. The van der Waals surface area contributed by atoms with Gasteiger partial charge >= 0.3 is 0 Å². The Labute approximate surface area is 152 Å². The van der Waals surface area contributed by atoms with Gasteiger partial charge in [0, 0.05) is 17.2 Å². The van der Waals surface area contributed by atoms with Crippen LogP contribution in [-0.2, 0) is 0 Å². The van der Waals surface area contributed by atoms with E-state index >= 15 is 0 Å². The average Bonchev–Trinajstić information content (AvgIpc) is 2.72. The predicted molar refractivity (Wildman–Crippen MR) is 99.5 cm³/mol.